The zero-order valence-electron chi connectivity index (χ0n) is 16.0. The lowest BCUT2D eigenvalue weighted by Gasteiger charge is -2.18. The standard InChI is InChI=1S/C22H25N3O2.ClH/c1-14(11-23)12-24-22(27)17-10-21(26)25(13-17)18-6-7-20-16(9-18)8-15-4-2-3-5-19(15)20;/h2-7,9,14,17H,8,10-13,23H2,1H3,(H,24,27);1H. The van der Waals surface area contributed by atoms with Gasteiger partial charge in [-0.05, 0) is 53.3 Å². The van der Waals surface area contributed by atoms with E-state index >= 15 is 0 Å². The number of rotatable bonds is 5. The zero-order valence-corrected chi connectivity index (χ0v) is 16.8. The molecule has 2 amide bonds. The van der Waals surface area contributed by atoms with Crippen molar-refractivity contribution in [2.24, 2.45) is 17.6 Å². The van der Waals surface area contributed by atoms with Gasteiger partial charge in [0.15, 0.2) is 0 Å². The zero-order chi connectivity index (χ0) is 19.0. The number of fused-ring (bicyclic) bond motifs is 3. The lowest BCUT2D eigenvalue weighted by atomic mass is 10.1. The molecule has 2 aromatic carbocycles. The van der Waals surface area contributed by atoms with Crippen molar-refractivity contribution < 1.29 is 9.59 Å². The highest BCUT2D eigenvalue weighted by Crippen LogP contribution is 2.39. The minimum Gasteiger partial charge on any atom is -0.355 e. The summed E-state index contributed by atoms with van der Waals surface area (Å²) in [6.07, 6.45) is 1.16. The van der Waals surface area contributed by atoms with Gasteiger partial charge in [0.05, 0.1) is 5.92 Å². The Morgan fingerprint density at radius 2 is 1.96 bits per heavy atom. The molecule has 148 valence electrons. The third-order valence-electron chi connectivity index (χ3n) is 5.61. The summed E-state index contributed by atoms with van der Waals surface area (Å²) in [4.78, 5) is 26.7. The fourth-order valence-corrected chi connectivity index (χ4v) is 3.93. The van der Waals surface area contributed by atoms with Crippen LogP contribution >= 0.6 is 12.4 Å². The van der Waals surface area contributed by atoms with E-state index in [-0.39, 0.29) is 42.5 Å². The van der Waals surface area contributed by atoms with Gasteiger partial charge in [-0.25, -0.2) is 0 Å². The molecule has 4 rings (SSSR count). The Hall–Kier alpha value is -2.37. The Morgan fingerprint density at radius 1 is 1.21 bits per heavy atom. The number of anilines is 1. The van der Waals surface area contributed by atoms with Gasteiger partial charge in [-0.3, -0.25) is 9.59 Å². The quantitative estimate of drug-likeness (QED) is 0.692. The molecule has 3 N–H and O–H groups in total. The number of halogens is 1. The molecule has 0 bridgehead atoms. The summed E-state index contributed by atoms with van der Waals surface area (Å²) >= 11 is 0. The fourth-order valence-electron chi connectivity index (χ4n) is 3.93. The van der Waals surface area contributed by atoms with Crippen molar-refractivity contribution in [3.63, 3.8) is 0 Å². The first-order valence-corrected chi connectivity index (χ1v) is 9.56. The number of nitrogens with one attached hydrogen (secondary N) is 1. The summed E-state index contributed by atoms with van der Waals surface area (Å²) in [5, 5.41) is 2.92. The predicted molar refractivity (Wildman–Crippen MR) is 114 cm³/mol. The molecule has 2 aromatic rings. The molecule has 28 heavy (non-hydrogen) atoms. The first-order chi connectivity index (χ1) is 13.1. The van der Waals surface area contributed by atoms with Crippen LogP contribution in [0, 0.1) is 11.8 Å². The maximum Gasteiger partial charge on any atom is 0.227 e. The molecule has 2 unspecified atom stereocenters. The Kier molecular flexibility index (Phi) is 6.06. The second-order valence-corrected chi connectivity index (χ2v) is 7.67. The van der Waals surface area contributed by atoms with E-state index in [0.29, 0.717) is 19.6 Å². The van der Waals surface area contributed by atoms with Crippen molar-refractivity contribution in [2.75, 3.05) is 24.5 Å². The molecular weight excluding hydrogens is 374 g/mol. The molecule has 0 aromatic heterocycles. The Bertz CT molecular complexity index is 899. The summed E-state index contributed by atoms with van der Waals surface area (Å²) in [5.74, 6) is -0.106. The van der Waals surface area contributed by atoms with Gasteiger partial charge >= 0.3 is 0 Å². The molecule has 1 saturated heterocycles. The lowest BCUT2D eigenvalue weighted by Crippen LogP contribution is -2.36. The molecule has 0 radical (unpaired) electrons. The van der Waals surface area contributed by atoms with Gasteiger partial charge in [0, 0.05) is 25.2 Å². The van der Waals surface area contributed by atoms with Crippen molar-refractivity contribution in [2.45, 2.75) is 19.8 Å². The summed E-state index contributed by atoms with van der Waals surface area (Å²) in [6.45, 7) is 3.52. The smallest absolute Gasteiger partial charge is 0.227 e. The number of benzene rings is 2. The van der Waals surface area contributed by atoms with E-state index in [4.69, 9.17) is 5.73 Å². The summed E-state index contributed by atoms with van der Waals surface area (Å²) < 4.78 is 0. The third kappa shape index (κ3) is 3.77. The van der Waals surface area contributed by atoms with Crippen molar-refractivity contribution in [3.05, 3.63) is 53.6 Å². The largest absolute Gasteiger partial charge is 0.355 e. The van der Waals surface area contributed by atoms with E-state index in [2.05, 4.69) is 41.7 Å². The Labute approximate surface area is 171 Å². The molecule has 1 heterocycles. The number of amides is 2. The van der Waals surface area contributed by atoms with Crippen LogP contribution in [-0.4, -0.2) is 31.4 Å². The molecule has 0 spiro atoms. The molecule has 1 aliphatic heterocycles. The van der Waals surface area contributed by atoms with Gasteiger partial charge in [-0.2, -0.15) is 0 Å². The number of hydrogen-bond donors (Lipinski definition) is 2. The molecule has 2 aliphatic rings. The molecule has 2 atom stereocenters. The van der Waals surface area contributed by atoms with Crippen molar-refractivity contribution >= 4 is 29.9 Å². The molecule has 6 heteroatoms. The van der Waals surface area contributed by atoms with E-state index in [1.165, 1.54) is 22.3 Å². The average Bonchev–Trinajstić information content (AvgIpc) is 3.25. The van der Waals surface area contributed by atoms with Gasteiger partial charge < -0.3 is 16.0 Å². The molecule has 1 fully saturated rings. The maximum atomic E-state index is 12.5. The van der Waals surface area contributed by atoms with Crippen LogP contribution in [0.5, 0.6) is 0 Å². The van der Waals surface area contributed by atoms with Crippen molar-refractivity contribution in [1.29, 1.82) is 0 Å². The highest BCUT2D eigenvalue weighted by atomic mass is 35.5. The second kappa shape index (κ2) is 8.33. The topological polar surface area (TPSA) is 75.4 Å². The summed E-state index contributed by atoms with van der Waals surface area (Å²) in [5.41, 5.74) is 11.6. The van der Waals surface area contributed by atoms with Crippen molar-refractivity contribution in [3.8, 4) is 11.1 Å². The van der Waals surface area contributed by atoms with Crippen LogP contribution in [0.2, 0.25) is 0 Å². The number of carbonyl (C=O) groups is 2. The van der Waals surface area contributed by atoms with Crippen LogP contribution in [-0.2, 0) is 16.0 Å². The van der Waals surface area contributed by atoms with Crippen LogP contribution in [0.4, 0.5) is 5.69 Å². The van der Waals surface area contributed by atoms with E-state index in [1.54, 1.807) is 4.90 Å². The lowest BCUT2D eigenvalue weighted by molar-refractivity contribution is -0.126. The van der Waals surface area contributed by atoms with Crippen LogP contribution in [0.3, 0.4) is 0 Å². The van der Waals surface area contributed by atoms with Gasteiger partial charge in [0.25, 0.3) is 0 Å². The molecule has 5 nitrogen and oxygen atoms in total. The first kappa shape index (κ1) is 20.4. The second-order valence-electron chi connectivity index (χ2n) is 7.67. The number of nitrogens with zero attached hydrogens (tertiary/aromatic N) is 1. The van der Waals surface area contributed by atoms with Crippen molar-refractivity contribution in [1.82, 2.24) is 5.32 Å². The average molecular weight is 400 g/mol. The Morgan fingerprint density at radius 3 is 2.75 bits per heavy atom. The minimum atomic E-state index is -0.298. The number of carbonyl (C=O) groups excluding carboxylic acids is 2. The van der Waals surface area contributed by atoms with Crippen LogP contribution in [0.15, 0.2) is 42.5 Å². The highest BCUT2D eigenvalue weighted by molar-refractivity contribution is 6.00. The summed E-state index contributed by atoms with van der Waals surface area (Å²) in [6, 6.07) is 14.6. The first-order valence-electron chi connectivity index (χ1n) is 9.56. The monoisotopic (exact) mass is 399 g/mol. The van der Waals surface area contributed by atoms with E-state index < -0.39 is 0 Å². The predicted octanol–water partition coefficient (Wildman–Crippen LogP) is 2.74. The molecule has 1 aliphatic carbocycles. The molecule has 0 saturated carbocycles. The number of nitrogens with two attached hydrogens (primary N) is 1. The van der Waals surface area contributed by atoms with Gasteiger partial charge in [-0.15, -0.1) is 12.4 Å². The normalized spacial score (nSPS) is 18.3. The Balaban J connectivity index is 0.00000225. The SMILES string of the molecule is CC(CN)CNC(=O)C1CC(=O)N(c2ccc3c(c2)Cc2ccccc2-3)C1.Cl. The van der Waals surface area contributed by atoms with E-state index in [0.717, 1.165) is 12.1 Å². The third-order valence-corrected chi connectivity index (χ3v) is 5.61. The van der Waals surface area contributed by atoms with Gasteiger partial charge in [0.2, 0.25) is 11.8 Å². The van der Waals surface area contributed by atoms with Crippen LogP contribution in [0.1, 0.15) is 24.5 Å². The maximum absolute atomic E-state index is 12.5. The van der Waals surface area contributed by atoms with Crippen LogP contribution in [0.25, 0.3) is 11.1 Å². The summed E-state index contributed by atoms with van der Waals surface area (Å²) in [7, 11) is 0. The van der Waals surface area contributed by atoms with Crippen LogP contribution < -0.4 is 16.0 Å². The van der Waals surface area contributed by atoms with E-state index in [9.17, 15) is 9.59 Å². The minimum absolute atomic E-state index is 0. The van der Waals surface area contributed by atoms with E-state index in [1.807, 2.05) is 13.0 Å². The number of hydrogen-bond acceptors (Lipinski definition) is 3. The fraction of sp³-hybridized carbons (Fsp3) is 0.364. The molecular formula is C22H26ClN3O2. The van der Waals surface area contributed by atoms with Gasteiger partial charge in [-0.1, -0.05) is 37.3 Å². The van der Waals surface area contributed by atoms with Gasteiger partial charge in [0.1, 0.15) is 0 Å². The highest BCUT2D eigenvalue weighted by Gasteiger charge is 2.35.